The van der Waals surface area contributed by atoms with Crippen LogP contribution in [0.3, 0.4) is 0 Å². The van der Waals surface area contributed by atoms with Gasteiger partial charge in [0.25, 0.3) is 0 Å². The third-order valence-electron chi connectivity index (χ3n) is 3.43. The average molecular weight is 250 g/mol. The minimum atomic E-state index is 0.00185. The quantitative estimate of drug-likeness (QED) is 0.759. The molecular formula is C13H22N4O. The van der Waals surface area contributed by atoms with Gasteiger partial charge in [0.2, 0.25) is 5.91 Å². The number of piperidine rings is 1. The fourth-order valence-corrected chi connectivity index (χ4v) is 2.32. The Morgan fingerprint density at radius 1 is 1.61 bits per heavy atom. The maximum absolute atomic E-state index is 11.9. The van der Waals surface area contributed by atoms with E-state index in [0.29, 0.717) is 5.92 Å². The van der Waals surface area contributed by atoms with Gasteiger partial charge in [-0.2, -0.15) is 0 Å². The molecule has 0 saturated carbocycles. The molecule has 1 aliphatic rings. The molecule has 18 heavy (non-hydrogen) atoms. The smallest absolute Gasteiger partial charge is 0.237 e. The van der Waals surface area contributed by atoms with Crippen molar-refractivity contribution >= 4 is 5.91 Å². The Kier molecular flexibility index (Phi) is 4.75. The molecule has 1 saturated heterocycles. The van der Waals surface area contributed by atoms with Gasteiger partial charge in [0.1, 0.15) is 0 Å². The second-order valence-electron chi connectivity index (χ2n) is 5.08. The summed E-state index contributed by atoms with van der Waals surface area (Å²) in [6.07, 6.45) is 8.56. The van der Waals surface area contributed by atoms with E-state index in [0.717, 1.165) is 32.5 Å². The summed E-state index contributed by atoms with van der Waals surface area (Å²) in [4.78, 5) is 15.9. The third-order valence-corrected chi connectivity index (χ3v) is 3.43. The monoisotopic (exact) mass is 250 g/mol. The van der Waals surface area contributed by atoms with Crippen LogP contribution in [0.1, 0.15) is 26.2 Å². The number of hydrogen-bond donors (Lipinski definition) is 2. The molecule has 1 aromatic rings. The fourth-order valence-electron chi connectivity index (χ4n) is 2.32. The maximum Gasteiger partial charge on any atom is 0.237 e. The fraction of sp³-hybridized carbons (Fsp3) is 0.692. The number of amides is 1. The Hall–Kier alpha value is -1.36. The van der Waals surface area contributed by atoms with E-state index >= 15 is 0 Å². The molecule has 1 aromatic heterocycles. The lowest BCUT2D eigenvalue weighted by Gasteiger charge is -2.27. The molecule has 2 N–H and O–H groups in total. The zero-order chi connectivity index (χ0) is 12.8. The molecule has 0 aromatic carbocycles. The first kappa shape index (κ1) is 13.1. The lowest BCUT2D eigenvalue weighted by molar-refractivity contribution is -0.124. The first-order valence-electron chi connectivity index (χ1n) is 6.72. The first-order chi connectivity index (χ1) is 8.75. The predicted octanol–water partition coefficient (Wildman–Crippen LogP) is 0.777. The van der Waals surface area contributed by atoms with Gasteiger partial charge >= 0.3 is 0 Å². The van der Waals surface area contributed by atoms with Gasteiger partial charge in [-0.3, -0.25) is 4.79 Å². The average Bonchev–Trinajstić information content (AvgIpc) is 2.87. The van der Waals surface area contributed by atoms with E-state index in [1.807, 2.05) is 10.8 Å². The number of carbonyl (C=O) groups is 1. The number of aryl methyl sites for hydroxylation is 1. The molecule has 2 unspecified atom stereocenters. The molecule has 2 atom stereocenters. The van der Waals surface area contributed by atoms with Gasteiger partial charge in [-0.25, -0.2) is 4.98 Å². The van der Waals surface area contributed by atoms with Crippen LogP contribution in [0.4, 0.5) is 0 Å². The van der Waals surface area contributed by atoms with E-state index in [4.69, 9.17) is 0 Å². The second-order valence-corrected chi connectivity index (χ2v) is 5.08. The van der Waals surface area contributed by atoms with Crippen LogP contribution in [-0.2, 0) is 11.3 Å². The van der Waals surface area contributed by atoms with E-state index in [1.165, 1.54) is 6.42 Å². The summed E-state index contributed by atoms with van der Waals surface area (Å²) in [5, 5.41) is 6.28. The lowest BCUT2D eigenvalue weighted by atomic mass is 9.94. The van der Waals surface area contributed by atoms with E-state index in [-0.39, 0.29) is 11.9 Å². The molecule has 100 valence electrons. The van der Waals surface area contributed by atoms with Crippen LogP contribution >= 0.6 is 0 Å². The molecule has 0 spiro atoms. The Balaban J connectivity index is 1.62. The molecular weight excluding hydrogens is 228 g/mol. The molecule has 1 fully saturated rings. The van der Waals surface area contributed by atoms with Crippen LogP contribution in [0.5, 0.6) is 0 Å². The number of aromatic nitrogens is 2. The zero-order valence-electron chi connectivity index (χ0n) is 10.9. The first-order valence-corrected chi connectivity index (χ1v) is 6.72. The van der Waals surface area contributed by atoms with Crippen LogP contribution in [-0.4, -0.2) is 34.6 Å². The van der Waals surface area contributed by atoms with Crippen molar-refractivity contribution in [2.75, 3.05) is 13.1 Å². The summed E-state index contributed by atoms with van der Waals surface area (Å²) in [6.45, 7) is 4.78. The van der Waals surface area contributed by atoms with Crippen molar-refractivity contribution in [1.29, 1.82) is 0 Å². The van der Waals surface area contributed by atoms with Crippen LogP contribution < -0.4 is 10.6 Å². The summed E-state index contributed by atoms with van der Waals surface area (Å²) < 4.78 is 2.02. The predicted molar refractivity (Wildman–Crippen MR) is 70.0 cm³/mol. The summed E-state index contributed by atoms with van der Waals surface area (Å²) in [6, 6.07) is 0.00185. The molecule has 0 radical (unpaired) electrons. The number of nitrogens with one attached hydrogen (secondary N) is 2. The molecule has 2 rings (SSSR count). The summed E-state index contributed by atoms with van der Waals surface area (Å²) in [5.41, 5.74) is 0. The van der Waals surface area contributed by atoms with Crippen molar-refractivity contribution < 1.29 is 4.79 Å². The number of nitrogens with zero attached hydrogens (tertiary/aromatic N) is 2. The second kappa shape index (κ2) is 6.54. The maximum atomic E-state index is 11.9. The van der Waals surface area contributed by atoms with Gasteiger partial charge in [-0.1, -0.05) is 6.92 Å². The molecule has 5 heteroatoms. The number of carbonyl (C=O) groups excluding carboxylic acids is 1. The van der Waals surface area contributed by atoms with Crippen LogP contribution in [0.2, 0.25) is 0 Å². The molecule has 0 aliphatic carbocycles. The van der Waals surface area contributed by atoms with Crippen LogP contribution in [0.15, 0.2) is 18.7 Å². The summed E-state index contributed by atoms with van der Waals surface area (Å²) in [5.74, 6) is 0.792. The lowest BCUT2D eigenvalue weighted by Crippen LogP contribution is -2.48. The van der Waals surface area contributed by atoms with Gasteiger partial charge in [0, 0.05) is 25.5 Å². The topological polar surface area (TPSA) is 59.0 Å². The van der Waals surface area contributed by atoms with Crippen molar-refractivity contribution in [1.82, 2.24) is 20.2 Å². The van der Waals surface area contributed by atoms with Gasteiger partial charge < -0.3 is 15.2 Å². The van der Waals surface area contributed by atoms with Gasteiger partial charge in [0.05, 0.1) is 12.4 Å². The third kappa shape index (κ3) is 3.84. The van der Waals surface area contributed by atoms with Gasteiger partial charge in [0.15, 0.2) is 0 Å². The van der Waals surface area contributed by atoms with Crippen LogP contribution in [0.25, 0.3) is 0 Å². The number of hydrogen-bond acceptors (Lipinski definition) is 3. The standard InChI is InChI=1S/C13H22N4O/c1-11-3-5-15-12(9-11)13(18)16-4-2-7-17-8-6-14-10-17/h6,8,10-12,15H,2-5,7,9H2,1H3,(H,16,18). The number of imidazole rings is 1. The highest BCUT2D eigenvalue weighted by atomic mass is 16.2. The number of rotatable bonds is 5. The molecule has 5 nitrogen and oxygen atoms in total. The Bertz CT molecular complexity index is 363. The molecule has 2 heterocycles. The largest absolute Gasteiger partial charge is 0.355 e. The van der Waals surface area contributed by atoms with E-state index in [9.17, 15) is 4.79 Å². The van der Waals surface area contributed by atoms with Gasteiger partial charge in [-0.05, 0) is 31.7 Å². The van der Waals surface area contributed by atoms with Crippen molar-refractivity contribution in [3.8, 4) is 0 Å². The summed E-state index contributed by atoms with van der Waals surface area (Å²) >= 11 is 0. The van der Waals surface area contributed by atoms with Crippen LogP contribution in [0, 0.1) is 5.92 Å². The highest BCUT2D eigenvalue weighted by Gasteiger charge is 2.23. The summed E-state index contributed by atoms with van der Waals surface area (Å²) in [7, 11) is 0. The van der Waals surface area contributed by atoms with E-state index in [1.54, 1.807) is 12.5 Å². The van der Waals surface area contributed by atoms with Crippen molar-refractivity contribution in [3.05, 3.63) is 18.7 Å². The minimum absolute atomic E-state index is 0.00185. The van der Waals surface area contributed by atoms with Gasteiger partial charge in [-0.15, -0.1) is 0 Å². The normalized spacial score (nSPS) is 23.8. The Morgan fingerprint density at radius 2 is 2.50 bits per heavy atom. The zero-order valence-corrected chi connectivity index (χ0v) is 10.9. The minimum Gasteiger partial charge on any atom is -0.355 e. The molecule has 0 bridgehead atoms. The molecule has 1 aliphatic heterocycles. The molecule has 1 amide bonds. The van der Waals surface area contributed by atoms with Crippen molar-refractivity contribution in [2.45, 2.75) is 38.8 Å². The van der Waals surface area contributed by atoms with E-state index in [2.05, 4.69) is 22.5 Å². The highest BCUT2D eigenvalue weighted by molar-refractivity contribution is 5.81. The Labute approximate surface area is 108 Å². The van der Waals surface area contributed by atoms with Crippen molar-refractivity contribution in [3.63, 3.8) is 0 Å². The Morgan fingerprint density at radius 3 is 3.22 bits per heavy atom. The SMILES string of the molecule is CC1CCNC(C(=O)NCCCn2ccnc2)C1. The van der Waals surface area contributed by atoms with Crippen molar-refractivity contribution in [2.24, 2.45) is 5.92 Å². The highest BCUT2D eigenvalue weighted by Crippen LogP contribution is 2.14. The van der Waals surface area contributed by atoms with E-state index < -0.39 is 0 Å².